The Morgan fingerprint density at radius 1 is 1.27 bits per heavy atom. The van der Waals surface area contributed by atoms with Crippen LogP contribution in [0.5, 0.6) is 0 Å². The number of hydrogen-bond acceptors (Lipinski definition) is 4. The molecule has 1 aromatic carbocycles. The molecule has 1 heterocycles. The lowest BCUT2D eigenvalue weighted by molar-refractivity contribution is 0.0601. The first-order valence-corrected chi connectivity index (χ1v) is 6.53. The molecule has 1 aromatic heterocycles. The SMILES string of the molecule is COC(=O)c1cc(-n2c(=O)cc(C)n(C)c2=O)c(F)cc1Cl. The highest BCUT2D eigenvalue weighted by atomic mass is 35.5. The summed E-state index contributed by atoms with van der Waals surface area (Å²) in [5.41, 5.74) is -1.53. The molecule has 0 N–H and O–H groups in total. The molecule has 22 heavy (non-hydrogen) atoms. The minimum atomic E-state index is -0.902. The molecule has 2 rings (SSSR count). The molecule has 8 heteroatoms. The lowest BCUT2D eigenvalue weighted by atomic mass is 10.2. The van der Waals surface area contributed by atoms with Crippen LogP contribution in [0.2, 0.25) is 5.02 Å². The third-order valence-electron chi connectivity index (χ3n) is 3.24. The second kappa shape index (κ2) is 5.76. The van der Waals surface area contributed by atoms with Gasteiger partial charge in [0.2, 0.25) is 0 Å². The van der Waals surface area contributed by atoms with Gasteiger partial charge in [-0.1, -0.05) is 11.6 Å². The van der Waals surface area contributed by atoms with E-state index >= 15 is 0 Å². The summed E-state index contributed by atoms with van der Waals surface area (Å²) in [6.45, 7) is 1.57. The van der Waals surface area contributed by atoms with E-state index in [9.17, 15) is 18.8 Å². The number of carbonyl (C=O) groups excluding carboxylic acids is 1. The molecule has 0 spiro atoms. The van der Waals surface area contributed by atoms with Crippen LogP contribution >= 0.6 is 11.6 Å². The fourth-order valence-electron chi connectivity index (χ4n) is 1.93. The van der Waals surface area contributed by atoms with Gasteiger partial charge in [-0.3, -0.25) is 4.79 Å². The van der Waals surface area contributed by atoms with Crippen LogP contribution in [0.3, 0.4) is 0 Å². The number of aromatic nitrogens is 2. The van der Waals surface area contributed by atoms with Crippen molar-refractivity contribution in [2.24, 2.45) is 7.05 Å². The Kier molecular flexibility index (Phi) is 4.18. The quantitative estimate of drug-likeness (QED) is 0.783. The molecular formula is C14H12ClFN2O4. The fraction of sp³-hybridized carbons (Fsp3) is 0.214. The molecule has 0 amide bonds. The highest BCUT2D eigenvalue weighted by Gasteiger charge is 2.19. The maximum absolute atomic E-state index is 14.1. The Labute approximate surface area is 129 Å². The number of benzene rings is 1. The predicted molar refractivity (Wildman–Crippen MR) is 78.3 cm³/mol. The summed E-state index contributed by atoms with van der Waals surface area (Å²) in [6, 6.07) is 3.06. The van der Waals surface area contributed by atoms with Gasteiger partial charge in [0.15, 0.2) is 0 Å². The van der Waals surface area contributed by atoms with Gasteiger partial charge in [0.1, 0.15) is 5.82 Å². The summed E-state index contributed by atoms with van der Waals surface area (Å²) in [5.74, 6) is -1.70. The molecule has 0 fully saturated rings. The van der Waals surface area contributed by atoms with Crippen molar-refractivity contribution >= 4 is 17.6 Å². The third-order valence-corrected chi connectivity index (χ3v) is 3.56. The van der Waals surface area contributed by atoms with E-state index in [0.29, 0.717) is 10.3 Å². The average molecular weight is 327 g/mol. The van der Waals surface area contributed by atoms with Gasteiger partial charge in [-0.05, 0) is 19.1 Å². The summed E-state index contributed by atoms with van der Waals surface area (Å²) in [4.78, 5) is 35.9. The van der Waals surface area contributed by atoms with Gasteiger partial charge < -0.3 is 9.30 Å². The van der Waals surface area contributed by atoms with Gasteiger partial charge in [-0.2, -0.15) is 0 Å². The third kappa shape index (κ3) is 2.55. The summed E-state index contributed by atoms with van der Waals surface area (Å²) < 4.78 is 20.5. The first-order valence-electron chi connectivity index (χ1n) is 6.15. The van der Waals surface area contributed by atoms with Crippen LogP contribution in [-0.4, -0.2) is 22.2 Å². The molecule has 6 nitrogen and oxygen atoms in total. The maximum Gasteiger partial charge on any atom is 0.339 e. The summed E-state index contributed by atoms with van der Waals surface area (Å²) >= 11 is 5.79. The number of carbonyl (C=O) groups is 1. The van der Waals surface area contributed by atoms with Crippen molar-refractivity contribution in [3.63, 3.8) is 0 Å². The lowest BCUT2D eigenvalue weighted by Gasteiger charge is -2.12. The Morgan fingerprint density at radius 3 is 2.50 bits per heavy atom. The first-order chi connectivity index (χ1) is 10.3. The molecule has 116 valence electrons. The molecule has 0 radical (unpaired) electrons. The Balaban J connectivity index is 2.85. The van der Waals surface area contributed by atoms with E-state index in [1.165, 1.54) is 17.7 Å². The number of nitrogens with zero attached hydrogens (tertiary/aromatic N) is 2. The zero-order valence-electron chi connectivity index (χ0n) is 12.0. The summed E-state index contributed by atoms with van der Waals surface area (Å²) in [7, 11) is 2.58. The van der Waals surface area contributed by atoms with Crippen LogP contribution in [-0.2, 0) is 11.8 Å². The lowest BCUT2D eigenvalue weighted by Crippen LogP contribution is -2.38. The smallest absolute Gasteiger partial charge is 0.339 e. The van der Waals surface area contributed by atoms with Gasteiger partial charge in [0.05, 0.1) is 23.4 Å². The molecule has 0 bridgehead atoms. The minimum Gasteiger partial charge on any atom is -0.465 e. The van der Waals surface area contributed by atoms with Crippen molar-refractivity contribution < 1.29 is 13.9 Å². The zero-order chi connectivity index (χ0) is 16.6. The van der Waals surface area contributed by atoms with Gasteiger partial charge in [0, 0.05) is 18.8 Å². The summed E-state index contributed by atoms with van der Waals surface area (Å²) in [6.07, 6.45) is 0. The van der Waals surface area contributed by atoms with Gasteiger partial charge in [-0.25, -0.2) is 18.5 Å². The Morgan fingerprint density at radius 2 is 1.91 bits per heavy atom. The normalized spacial score (nSPS) is 10.6. The zero-order valence-corrected chi connectivity index (χ0v) is 12.8. The van der Waals surface area contributed by atoms with Crippen LogP contribution in [0.25, 0.3) is 5.69 Å². The first kappa shape index (κ1) is 16.0. The van der Waals surface area contributed by atoms with E-state index in [4.69, 9.17) is 11.6 Å². The van der Waals surface area contributed by atoms with Crippen molar-refractivity contribution in [2.45, 2.75) is 6.92 Å². The number of esters is 1. The van der Waals surface area contributed by atoms with Crippen LogP contribution in [0.4, 0.5) is 4.39 Å². The Bertz CT molecular complexity index is 886. The molecule has 0 aliphatic rings. The second-order valence-electron chi connectivity index (χ2n) is 4.58. The van der Waals surface area contributed by atoms with E-state index in [-0.39, 0.29) is 16.3 Å². The van der Waals surface area contributed by atoms with E-state index in [1.807, 2.05) is 0 Å². The van der Waals surface area contributed by atoms with E-state index in [0.717, 1.165) is 19.2 Å². The molecule has 0 aliphatic heterocycles. The Hall–Kier alpha value is -2.41. The highest BCUT2D eigenvalue weighted by Crippen LogP contribution is 2.23. The number of hydrogen-bond donors (Lipinski definition) is 0. The van der Waals surface area contributed by atoms with Crippen molar-refractivity contribution in [1.82, 2.24) is 9.13 Å². The van der Waals surface area contributed by atoms with Crippen molar-refractivity contribution in [2.75, 3.05) is 7.11 Å². The number of aryl methyl sites for hydroxylation is 1. The minimum absolute atomic E-state index is 0.143. The molecule has 0 unspecified atom stereocenters. The molecule has 0 aliphatic carbocycles. The van der Waals surface area contributed by atoms with Crippen LogP contribution in [0, 0.1) is 12.7 Å². The van der Waals surface area contributed by atoms with Crippen molar-refractivity contribution in [3.8, 4) is 5.69 Å². The van der Waals surface area contributed by atoms with Crippen molar-refractivity contribution in [3.05, 3.63) is 61.1 Å². The monoisotopic (exact) mass is 326 g/mol. The molecule has 2 aromatic rings. The van der Waals surface area contributed by atoms with Crippen LogP contribution < -0.4 is 11.2 Å². The van der Waals surface area contributed by atoms with Gasteiger partial charge >= 0.3 is 11.7 Å². The highest BCUT2D eigenvalue weighted by molar-refractivity contribution is 6.33. The number of rotatable bonds is 2. The molecular weight excluding hydrogens is 315 g/mol. The van der Waals surface area contributed by atoms with Crippen LogP contribution in [0.1, 0.15) is 16.1 Å². The molecule has 0 saturated carbocycles. The topological polar surface area (TPSA) is 70.3 Å². The van der Waals surface area contributed by atoms with E-state index < -0.39 is 23.0 Å². The number of ether oxygens (including phenoxy) is 1. The number of methoxy groups -OCH3 is 1. The summed E-state index contributed by atoms with van der Waals surface area (Å²) in [5, 5.41) is -0.176. The standard InChI is InChI=1S/C14H12ClFN2O4/c1-7-4-12(19)18(14(21)17(7)2)11-5-8(13(20)22-3)9(15)6-10(11)16/h4-6H,1-3H3. The molecule has 0 atom stereocenters. The fourth-order valence-corrected chi connectivity index (χ4v) is 2.16. The molecule has 0 saturated heterocycles. The predicted octanol–water partition coefficient (Wildman–Crippen LogP) is 1.42. The van der Waals surface area contributed by atoms with Gasteiger partial charge in [-0.15, -0.1) is 0 Å². The maximum atomic E-state index is 14.1. The van der Waals surface area contributed by atoms with Crippen LogP contribution in [0.15, 0.2) is 27.8 Å². The van der Waals surface area contributed by atoms with Crippen molar-refractivity contribution in [1.29, 1.82) is 0 Å². The number of halogens is 2. The average Bonchev–Trinajstić information content (AvgIpc) is 2.46. The second-order valence-corrected chi connectivity index (χ2v) is 4.98. The van der Waals surface area contributed by atoms with E-state index in [2.05, 4.69) is 4.74 Å². The van der Waals surface area contributed by atoms with Gasteiger partial charge in [0.25, 0.3) is 5.56 Å². The largest absolute Gasteiger partial charge is 0.465 e. The van der Waals surface area contributed by atoms with E-state index in [1.54, 1.807) is 6.92 Å².